The zero-order chi connectivity index (χ0) is 14.9. The Kier molecular flexibility index (Phi) is 3.57. The van der Waals surface area contributed by atoms with Gasteiger partial charge in [-0.3, -0.25) is 4.68 Å². The fourth-order valence-corrected chi connectivity index (χ4v) is 2.04. The summed E-state index contributed by atoms with van der Waals surface area (Å²) >= 11 is 0. The first kappa shape index (κ1) is 14.2. The average Bonchev–Trinajstić information content (AvgIpc) is 2.69. The number of carboxylic acid groups (broad SMARTS) is 1. The van der Waals surface area contributed by atoms with Crippen LogP contribution in [0, 0.1) is 0 Å². The number of carboxylic acids is 1. The van der Waals surface area contributed by atoms with E-state index < -0.39 is 11.9 Å². The predicted molar refractivity (Wildman–Crippen MR) is 69.9 cm³/mol. The lowest BCUT2D eigenvalue weighted by Crippen LogP contribution is -2.13. The van der Waals surface area contributed by atoms with Crippen LogP contribution in [0.5, 0.6) is 0 Å². The van der Waals surface area contributed by atoms with E-state index in [9.17, 15) is 13.6 Å². The number of hydrogen-bond donors (Lipinski definition) is 1. The molecule has 0 unspecified atom stereocenters. The first-order chi connectivity index (χ1) is 9.26. The Bertz CT molecular complexity index is 645. The van der Waals surface area contributed by atoms with Gasteiger partial charge >= 0.3 is 5.97 Å². The van der Waals surface area contributed by atoms with E-state index in [1.165, 1.54) is 10.7 Å². The average molecular weight is 280 g/mol. The predicted octanol–water partition coefficient (Wildman–Crippen LogP) is 2.98. The monoisotopic (exact) mass is 280 g/mol. The molecule has 1 heterocycles. The Morgan fingerprint density at radius 1 is 1.40 bits per heavy atom. The van der Waals surface area contributed by atoms with Crippen LogP contribution in [0.15, 0.2) is 30.3 Å². The third-order valence-corrected chi connectivity index (χ3v) is 2.84. The van der Waals surface area contributed by atoms with Gasteiger partial charge in [0.25, 0.3) is 0 Å². The second-order valence-electron chi connectivity index (χ2n) is 4.79. The van der Waals surface area contributed by atoms with Crippen LogP contribution in [0.25, 0.3) is 11.3 Å². The standard InChI is InChI=1S/C14H14F2N2O2/c1-14(15,16)8-9-4-3-5-10(6-9)12-7-11(13(19)20)17-18(12)2/h3-7H,8H2,1-2H3,(H,19,20). The summed E-state index contributed by atoms with van der Waals surface area (Å²) in [5.41, 5.74) is 1.65. The van der Waals surface area contributed by atoms with E-state index in [1.807, 2.05) is 0 Å². The molecule has 1 N–H and O–H groups in total. The van der Waals surface area contributed by atoms with E-state index in [4.69, 9.17) is 5.11 Å². The number of carbonyl (C=O) groups is 1. The first-order valence-corrected chi connectivity index (χ1v) is 6.01. The highest BCUT2D eigenvalue weighted by atomic mass is 19.3. The number of aromatic carboxylic acids is 1. The molecule has 106 valence electrons. The van der Waals surface area contributed by atoms with Crippen molar-refractivity contribution in [2.45, 2.75) is 19.3 Å². The van der Waals surface area contributed by atoms with Gasteiger partial charge in [-0.15, -0.1) is 0 Å². The summed E-state index contributed by atoms with van der Waals surface area (Å²) < 4.78 is 27.5. The maximum Gasteiger partial charge on any atom is 0.356 e. The highest BCUT2D eigenvalue weighted by Crippen LogP contribution is 2.24. The van der Waals surface area contributed by atoms with Gasteiger partial charge in [0.15, 0.2) is 5.69 Å². The lowest BCUT2D eigenvalue weighted by molar-refractivity contribution is 0.0226. The number of rotatable bonds is 4. The van der Waals surface area contributed by atoms with E-state index in [1.54, 1.807) is 31.3 Å². The molecule has 1 aromatic carbocycles. The quantitative estimate of drug-likeness (QED) is 0.936. The first-order valence-electron chi connectivity index (χ1n) is 6.01. The number of hydrogen-bond acceptors (Lipinski definition) is 2. The van der Waals surface area contributed by atoms with Crippen LogP contribution in [-0.2, 0) is 13.5 Å². The van der Waals surface area contributed by atoms with Crippen LogP contribution in [-0.4, -0.2) is 26.8 Å². The number of aryl methyl sites for hydroxylation is 1. The molecule has 0 aliphatic carbocycles. The number of alkyl halides is 2. The Labute approximate surface area is 114 Å². The molecule has 0 bridgehead atoms. The molecule has 0 radical (unpaired) electrons. The molecule has 0 atom stereocenters. The number of halogens is 2. The summed E-state index contributed by atoms with van der Waals surface area (Å²) in [6.07, 6.45) is -0.357. The molecule has 2 aromatic rings. The molecule has 20 heavy (non-hydrogen) atoms. The molecule has 1 aromatic heterocycles. The SMILES string of the molecule is Cn1nc(C(=O)O)cc1-c1cccc(CC(C)(F)F)c1. The van der Waals surface area contributed by atoms with Gasteiger partial charge in [0.05, 0.1) is 5.69 Å². The lowest BCUT2D eigenvalue weighted by atomic mass is 10.0. The van der Waals surface area contributed by atoms with Crippen LogP contribution >= 0.6 is 0 Å². The molecule has 0 spiro atoms. The highest BCUT2D eigenvalue weighted by molar-refractivity contribution is 5.87. The van der Waals surface area contributed by atoms with Crippen molar-refractivity contribution >= 4 is 5.97 Å². The van der Waals surface area contributed by atoms with Crippen molar-refractivity contribution in [2.24, 2.45) is 7.05 Å². The minimum Gasteiger partial charge on any atom is -0.476 e. The van der Waals surface area contributed by atoms with Gasteiger partial charge in [0.1, 0.15) is 0 Å². The molecule has 4 nitrogen and oxygen atoms in total. The van der Waals surface area contributed by atoms with Crippen molar-refractivity contribution in [3.05, 3.63) is 41.6 Å². The van der Waals surface area contributed by atoms with Crippen molar-refractivity contribution < 1.29 is 18.7 Å². The molecule has 0 fully saturated rings. The summed E-state index contributed by atoms with van der Waals surface area (Å²) in [6, 6.07) is 8.07. The second-order valence-corrected chi connectivity index (χ2v) is 4.79. The maximum absolute atomic E-state index is 13.0. The summed E-state index contributed by atoms with van der Waals surface area (Å²) in [4.78, 5) is 10.9. The zero-order valence-electron chi connectivity index (χ0n) is 11.1. The summed E-state index contributed by atoms with van der Waals surface area (Å²) in [7, 11) is 1.61. The molecule has 0 aliphatic heterocycles. The topological polar surface area (TPSA) is 55.1 Å². The van der Waals surface area contributed by atoms with Gasteiger partial charge in [0, 0.05) is 19.0 Å². The maximum atomic E-state index is 13.0. The minimum absolute atomic E-state index is 0.0753. The van der Waals surface area contributed by atoms with Crippen molar-refractivity contribution in [3.8, 4) is 11.3 Å². The van der Waals surface area contributed by atoms with E-state index in [0.29, 0.717) is 16.8 Å². The number of benzene rings is 1. The summed E-state index contributed by atoms with van der Waals surface area (Å²) in [5.74, 6) is -3.90. The van der Waals surface area contributed by atoms with E-state index in [0.717, 1.165) is 6.92 Å². The molecule has 6 heteroatoms. The third kappa shape index (κ3) is 3.20. The van der Waals surface area contributed by atoms with Gasteiger partial charge in [-0.2, -0.15) is 5.10 Å². The number of aromatic nitrogens is 2. The highest BCUT2D eigenvalue weighted by Gasteiger charge is 2.22. The van der Waals surface area contributed by atoms with Crippen LogP contribution < -0.4 is 0 Å². The normalized spacial score (nSPS) is 11.6. The van der Waals surface area contributed by atoms with Crippen molar-refractivity contribution in [1.82, 2.24) is 9.78 Å². The van der Waals surface area contributed by atoms with E-state index >= 15 is 0 Å². The molecule has 0 saturated heterocycles. The molecule has 0 amide bonds. The Hall–Kier alpha value is -2.24. The Balaban J connectivity index is 2.38. The smallest absolute Gasteiger partial charge is 0.356 e. The van der Waals surface area contributed by atoms with Crippen LogP contribution in [0.1, 0.15) is 23.0 Å². The fraction of sp³-hybridized carbons (Fsp3) is 0.286. The number of nitrogens with zero attached hydrogens (tertiary/aromatic N) is 2. The van der Waals surface area contributed by atoms with E-state index in [-0.39, 0.29) is 12.1 Å². The molecular weight excluding hydrogens is 266 g/mol. The third-order valence-electron chi connectivity index (χ3n) is 2.84. The molecule has 2 rings (SSSR count). The van der Waals surface area contributed by atoms with E-state index in [2.05, 4.69) is 5.10 Å². The van der Waals surface area contributed by atoms with Crippen molar-refractivity contribution in [1.29, 1.82) is 0 Å². The van der Waals surface area contributed by atoms with Gasteiger partial charge < -0.3 is 5.11 Å². The van der Waals surface area contributed by atoms with Gasteiger partial charge in [-0.25, -0.2) is 13.6 Å². The van der Waals surface area contributed by atoms with Crippen LogP contribution in [0.4, 0.5) is 8.78 Å². The van der Waals surface area contributed by atoms with Crippen molar-refractivity contribution in [3.63, 3.8) is 0 Å². The van der Waals surface area contributed by atoms with Gasteiger partial charge in [-0.1, -0.05) is 18.2 Å². The van der Waals surface area contributed by atoms with Gasteiger partial charge in [-0.05, 0) is 24.6 Å². The Morgan fingerprint density at radius 3 is 2.65 bits per heavy atom. The Morgan fingerprint density at radius 2 is 2.10 bits per heavy atom. The molecular formula is C14H14F2N2O2. The van der Waals surface area contributed by atoms with Gasteiger partial charge in [0.2, 0.25) is 5.92 Å². The second kappa shape index (κ2) is 5.03. The molecule has 0 saturated carbocycles. The lowest BCUT2D eigenvalue weighted by Gasteiger charge is -2.11. The summed E-state index contributed by atoms with van der Waals surface area (Å²) in [6.45, 7) is 0.867. The van der Waals surface area contributed by atoms with Crippen LogP contribution in [0.2, 0.25) is 0 Å². The zero-order valence-corrected chi connectivity index (χ0v) is 11.1. The molecule has 0 aliphatic rings. The van der Waals surface area contributed by atoms with Crippen molar-refractivity contribution in [2.75, 3.05) is 0 Å². The van der Waals surface area contributed by atoms with Crippen LogP contribution in [0.3, 0.4) is 0 Å². The fourth-order valence-electron chi connectivity index (χ4n) is 2.04. The summed E-state index contributed by atoms with van der Waals surface area (Å²) in [5, 5.41) is 12.8. The largest absolute Gasteiger partial charge is 0.476 e. The minimum atomic E-state index is -2.78.